The van der Waals surface area contributed by atoms with Crippen molar-refractivity contribution in [3.05, 3.63) is 30.1 Å². The number of pyridine rings is 1. The van der Waals surface area contributed by atoms with Crippen molar-refractivity contribution < 1.29 is 4.79 Å². The summed E-state index contributed by atoms with van der Waals surface area (Å²) >= 11 is 5.16. The Bertz CT molecular complexity index is 651. The largest absolute Gasteiger partial charge is 0.360 e. The summed E-state index contributed by atoms with van der Waals surface area (Å²) < 4.78 is 0. The number of amides is 1. The van der Waals surface area contributed by atoms with Crippen LogP contribution < -0.4 is 5.32 Å². The Morgan fingerprint density at radius 3 is 3.11 bits per heavy atom. The molecule has 3 rings (SSSR count). The molecule has 6 heteroatoms. The highest BCUT2D eigenvalue weighted by Gasteiger charge is 2.34. The van der Waals surface area contributed by atoms with Gasteiger partial charge in [0.05, 0.1) is 11.0 Å². The number of thiocarbonyl (C=S) groups is 1. The number of nitrogens with zero attached hydrogens (tertiary/aromatic N) is 2. The SMILES string of the molecule is CCN1C(=O)C(Cc2c[nH]c3cccnc23)NC1=S. The number of nitrogens with one attached hydrogen (secondary N) is 2. The molecule has 1 unspecified atom stereocenters. The fourth-order valence-electron chi connectivity index (χ4n) is 2.40. The summed E-state index contributed by atoms with van der Waals surface area (Å²) in [5, 5.41) is 3.59. The molecule has 2 N–H and O–H groups in total. The normalized spacial score (nSPS) is 19.2. The molecular formula is C13H14N4OS. The molecule has 2 aromatic rings. The van der Waals surface area contributed by atoms with Gasteiger partial charge >= 0.3 is 0 Å². The molecule has 1 aliphatic rings. The number of aromatic amines is 1. The lowest BCUT2D eigenvalue weighted by Crippen LogP contribution is -2.32. The standard InChI is InChI=1S/C13H14N4OS/c1-2-17-12(18)10(16-13(17)19)6-8-7-15-9-4-3-5-14-11(8)9/h3-5,7,10,15H,2,6H2,1H3,(H,16,19). The molecule has 1 amide bonds. The minimum Gasteiger partial charge on any atom is -0.360 e. The molecular weight excluding hydrogens is 260 g/mol. The lowest BCUT2D eigenvalue weighted by Gasteiger charge is -2.10. The maximum absolute atomic E-state index is 12.2. The topological polar surface area (TPSA) is 61.0 Å². The van der Waals surface area contributed by atoms with Crippen LogP contribution in [0.4, 0.5) is 0 Å². The Balaban J connectivity index is 1.86. The first-order valence-corrected chi connectivity index (χ1v) is 6.64. The van der Waals surface area contributed by atoms with Crippen LogP contribution >= 0.6 is 12.2 Å². The number of aromatic nitrogens is 2. The van der Waals surface area contributed by atoms with E-state index in [4.69, 9.17) is 12.2 Å². The van der Waals surface area contributed by atoms with Crippen molar-refractivity contribution in [3.8, 4) is 0 Å². The minimum atomic E-state index is -0.284. The smallest absolute Gasteiger partial charge is 0.251 e. The van der Waals surface area contributed by atoms with Crippen LogP contribution in [0, 0.1) is 0 Å². The van der Waals surface area contributed by atoms with E-state index < -0.39 is 0 Å². The monoisotopic (exact) mass is 274 g/mol. The fraction of sp³-hybridized carbons (Fsp3) is 0.308. The van der Waals surface area contributed by atoms with Gasteiger partial charge in [-0.15, -0.1) is 0 Å². The van der Waals surface area contributed by atoms with Crippen molar-refractivity contribution in [2.24, 2.45) is 0 Å². The zero-order valence-corrected chi connectivity index (χ0v) is 11.3. The Hall–Kier alpha value is -1.95. The third-order valence-electron chi connectivity index (χ3n) is 3.36. The molecule has 19 heavy (non-hydrogen) atoms. The summed E-state index contributed by atoms with van der Waals surface area (Å²) in [6, 6.07) is 3.57. The average molecular weight is 274 g/mol. The quantitative estimate of drug-likeness (QED) is 0.826. The van der Waals surface area contributed by atoms with Gasteiger partial charge in [0.25, 0.3) is 5.91 Å². The highest BCUT2D eigenvalue weighted by Crippen LogP contribution is 2.19. The van der Waals surface area contributed by atoms with Crippen molar-refractivity contribution in [1.82, 2.24) is 20.2 Å². The third kappa shape index (κ3) is 1.98. The van der Waals surface area contributed by atoms with Gasteiger partial charge in [-0.3, -0.25) is 14.7 Å². The summed E-state index contributed by atoms with van der Waals surface area (Å²) in [5.74, 6) is 0.0396. The number of hydrogen-bond acceptors (Lipinski definition) is 3. The lowest BCUT2D eigenvalue weighted by atomic mass is 10.1. The zero-order chi connectivity index (χ0) is 13.4. The number of hydrogen-bond donors (Lipinski definition) is 2. The van der Waals surface area contributed by atoms with Crippen LogP contribution in [0.25, 0.3) is 11.0 Å². The Morgan fingerprint density at radius 1 is 1.53 bits per heavy atom. The van der Waals surface area contributed by atoms with E-state index in [0.29, 0.717) is 18.1 Å². The summed E-state index contributed by atoms with van der Waals surface area (Å²) in [5.41, 5.74) is 2.93. The molecule has 0 bridgehead atoms. The van der Waals surface area contributed by atoms with Crippen molar-refractivity contribution in [1.29, 1.82) is 0 Å². The van der Waals surface area contributed by atoms with Crippen LogP contribution in [-0.2, 0) is 11.2 Å². The van der Waals surface area contributed by atoms with Crippen molar-refractivity contribution in [2.75, 3.05) is 6.54 Å². The van der Waals surface area contributed by atoms with Crippen molar-refractivity contribution >= 4 is 34.3 Å². The van der Waals surface area contributed by atoms with Gasteiger partial charge < -0.3 is 10.3 Å². The molecule has 1 atom stereocenters. The zero-order valence-electron chi connectivity index (χ0n) is 10.5. The predicted octanol–water partition coefficient (Wildman–Crippen LogP) is 1.21. The third-order valence-corrected chi connectivity index (χ3v) is 3.70. The van der Waals surface area contributed by atoms with E-state index in [1.54, 1.807) is 11.1 Å². The summed E-state index contributed by atoms with van der Waals surface area (Å²) in [7, 11) is 0. The first kappa shape index (κ1) is 12.1. The average Bonchev–Trinajstić information content (AvgIpc) is 2.93. The van der Waals surface area contributed by atoms with Gasteiger partial charge in [0, 0.05) is 25.4 Å². The van der Waals surface area contributed by atoms with Gasteiger partial charge in [0.15, 0.2) is 5.11 Å². The first-order chi connectivity index (χ1) is 9.20. The van der Waals surface area contributed by atoms with Crippen molar-refractivity contribution in [3.63, 3.8) is 0 Å². The number of fused-ring (bicyclic) bond motifs is 1. The van der Waals surface area contributed by atoms with Gasteiger partial charge in [-0.25, -0.2) is 0 Å². The van der Waals surface area contributed by atoms with Gasteiger partial charge in [-0.2, -0.15) is 0 Å². The second-order valence-corrected chi connectivity index (χ2v) is 4.89. The van der Waals surface area contributed by atoms with E-state index >= 15 is 0 Å². The number of carbonyl (C=O) groups excluding carboxylic acids is 1. The van der Waals surface area contributed by atoms with Gasteiger partial charge in [-0.1, -0.05) is 0 Å². The predicted molar refractivity (Wildman–Crippen MR) is 76.7 cm³/mol. The molecule has 98 valence electrons. The van der Waals surface area contributed by atoms with Crippen LogP contribution in [0.15, 0.2) is 24.5 Å². The number of carbonyl (C=O) groups is 1. The second-order valence-electron chi connectivity index (χ2n) is 4.50. The van der Waals surface area contributed by atoms with E-state index in [9.17, 15) is 4.79 Å². The molecule has 0 aromatic carbocycles. The summed E-state index contributed by atoms with van der Waals surface area (Å²) in [4.78, 5) is 21.3. The van der Waals surface area contributed by atoms with Crippen LogP contribution in [0.2, 0.25) is 0 Å². The summed E-state index contributed by atoms with van der Waals surface area (Å²) in [6.45, 7) is 2.52. The summed E-state index contributed by atoms with van der Waals surface area (Å²) in [6.07, 6.45) is 4.25. The first-order valence-electron chi connectivity index (χ1n) is 6.23. The van der Waals surface area contributed by atoms with E-state index in [-0.39, 0.29) is 11.9 Å². The lowest BCUT2D eigenvalue weighted by molar-refractivity contribution is -0.126. The highest BCUT2D eigenvalue weighted by molar-refractivity contribution is 7.80. The number of rotatable bonds is 3. The molecule has 0 saturated carbocycles. The van der Waals surface area contributed by atoms with E-state index in [1.165, 1.54) is 0 Å². The molecule has 1 saturated heterocycles. The molecule has 5 nitrogen and oxygen atoms in total. The van der Waals surface area contributed by atoms with Gasteiger partial charge in [0.2, 0.25) is 0 Å². The Morgan fingerprint density at radius 2 is 2.37 bits per heavy atom. The van der Waals surface area contributed by atoms with Gasteiger partial charge in [-0.05, 0) is 36.8 Å². The Kier molecular flexibility index (Phi) is 2.94. The second kappa shape index (κ2) is 4.62. The molecule has 1 fully saturated rings. The van der Waals surface area contributed by atoms with Crippen molar-refractivity contribution in [2.45, 2.75) is 19.4 Å². The number of likely N-dealkylation sites (N-methyl/N-ethyl adjacent to an activating group) is 1. The van der Waals surface area contributed by atoms with E-state index in [2.05, 4.69) is 15.3 Å². The maximum Gasteiger partial charge on any atom is 0.251 e. The molecule has 3 heterocycles. The molecule has 0 aliphatic carbocycles. The maximum atomic E-state index is 12.2. The number of H-pyrrole nitrogens is 1. The molecule has 2 aromatic heterocycles. The fourth-order valence-corrected chi connectivity index (χ4v) is 2.76. The van der Waals surface area contributed by atoms with Crippen LogP contribution in [0.5, 0.6) is 0 Å². The van der Waals surface area contributed by atoms with Crippen LogP contribution in [0.3, 0.4) is 0 Å². The minimum absolute atomic E-state index is 0.0396. The van der Waals surface area contributed by atoms with E-state index in [1.807, 2.05) is 25.3 Å². The molecule has 0 radical (unpaired) electrons. The Labute approximate surface area is 116 Å². The van der Waals surface area contributed by atoms with Gasteiger partial charge in [0.1, 0.15) is 6.04 Å². The van der Waals surface area contributed by atoms with Crippen LogP contribution in [0.1, 0.15) is 12.5 Å². The molecule has 0 spiro atoms. The molecule has 1 aliphatic heterocycles. The highest BCUT2D eigenvalue weighted by atomic mass is 32.1. The van der Waals surface area contributed by atoms with E-state index in [0.717, 1.165) is 16.6 Å². The van der Waals surface area contributed by atoms with Crippen LogP contribution in [-0.4, -0.2) is 38.5 Å².